The van der Waals surface area contributed by atoms with Crippen molar-refractivity contribution in [3.63, 3.8) is 0 Å². The molecule has 0 aromatic carbocycles. The largest absolute Gasteiger partial charge is 0.477 e. The van der Waals surface area contributed by atoms with E-state index in [-0.39, 0.29) is 46.5 Å². The van der Waals surface area contributed by atoms with Crippen molar-refractivity contribution in [2.45, 2.75) is 55.9 Å². The number of sulfone groups is 1. The molecule has 0 radical (unpaired) electrons. The van der Waals surface area contributed by atoms with Gasteiger partial charge in [0.25, 0.3) is 0 Å². The first-order chi connectivity index (χ1) is 18.0. The maximum atomic E-state index is 13.2. The number of likely N-dealkylation sites (tertiary alicyclic amines) is 1. The second kappa shape index (κ2) is 10.2. The topological polar surface area (TPSA) is 194 Å². The molecule has 4 aliphatic rings. The molecule has 4 N–H and O–H groups in total. The van der Waals surface area contributed by atoms with Gasteiger partial charge in [0.1, 0.15) is 17.9 Å². The summed E-state index contributed by atoms with van der Waals surface area (Å²) in [4.78, 5) is 42.0. The second-order valence-electron chi connectivity index (χ2n) is 10.7. The smallest absolute Gasteiger partial charge is 0.353 e. The van der Waals surface area contributed by atoms with Crippen molar-refractivity contribution in [3.05, 3.63) is 16.9 Å². The first kappa shape index (κ1) is 27.0. The highest BCUT2D eigenvalue weighted by Crippen LogP contribution is 2.53. The monoisotopic (exact) mass is 568 g/mol. The molecule has 14 nitrogen and oxygen atoms in total. The van der Waals surface area contributed by atoms with E-state index in [0.29, 0.717) is 31.0 Å². The van der Waals surface area contributed by atoms with Gasteiger partial charge in [0.15, 0.2) is 9.84 Å². The molecule has 0 bridgehead atoms. The van der Waals surface area contributed by atoms with Crippen molar-refractivity contribution in [1.82, 2.24) is 35.3 Å². The van der Waals surface area contributed by atoms with Gasteiger partial charge < -0.3 is 26.0 Å². The summed E-state index contributed by atoms with van der Waals surface area (Å²) < 4.78 is 26.5. The molecular weight excluding hydrogens is 536 g/mol. The lowest BCUT2D eigenvalue weighted by atomic mass is 9.75. The normalized spacial score (nSPS) is 32.0. The van der Waals surface area contributed by atoms with Crippen LogP contribution in [0.2, 0.25) is 0 Å². The Morgan fingerprint density at radius 2 is 2.13 bits per heavy atom. The number of hydrogen-bond donors (Lipinski definition) is 3. The van der Waals surface area contributed by atoms with E-state index in [0.717, 1.165) is 11.1 Å². The fourth-order valence-electron chi connectivity index (χ4n) is 6.13. The summed E-state index contributed by atoms with van der Waals surface area (Å²) >= 11 is 1.41. The van der Waals surface area contributed by atoms with Crippen molar-refractivity contribution in [2.75, 3.05) is 25.4 Å². The summed E-state index contributed by atoms with van der Waals surface area (Å²) in [7, 11) is -3.62. The number of fused-ring (bicyclic) bond motifs is 1. The van der Waals surface area contributed by atoms with Gasteiger partial charge in [-0.2, -0.15) is 0 Å². The van der Waals surface area contributed by atoms with Gasteiger partial charge in [-0.05, 0) is 29.2 Å². The number of rotatable bonds is 9. The van der Waals surface area contributed by atoms with Gasteiger partial charge in [-0.15, -0.1) is 16.9 Å². The molecule has 1 aromatic rings. The molecule has 0 spiro atoms. The van der Waals surface area contributed by atoms with E-state index in [1.54, 1.807) is 11.8 Å². The number of amides is 2. The number of tetrazole rings is 1. The standard InChI is InChI=1S/C22H32N8O6S2/c1-11(8-38(35,36)10-29-9-25-26-27-29)16-17-12(2)19(18(22(33)34)30(17)21(16)32)37-14-5-15(24-6-14)20(31)28-4-3-13(23)7-28/h9,11-17,24H,3-8,10,23H2,1-2H3,(H,33,34)/t11-,12+,13+,14-,15-,16+,17+/m0/s1. The van der Waals surface area contributed by atoms with Gasteiger partial charge in [0.2, 0.25) is 11.8 Å². The molecule has 38 heavy (non-hydrogen) atoms. The maximum Gasteiger partial charge on any atom is 0.353 e. The first-order valence-corrected chi connectivity index (χ1v) is 15.3. The molecule has 5 heterocycles. The third-order valence-electron chi connectivity index (χ3n) is 7.86. The first-order valence-electron chi connectivity index (χ1n) is 12.6. The van der Waals surface area contributed by atoms with Crippen molar-refractivity contribution < 1.29 is 27.9 Å². The van der Waals surface area contributed by atoms with Crippen LogP contribution in [-0.2, 0) is 30.1 Å². The SMILES string of the molecule is C[C@@H](CS(=O)(=O)Cn1cnnn1)[C@H]1C(=O)N2C(C(=O)O)=C(S[C@@H]3CN[C@H](C(=O)N4CC[C@@H](N)C4)C3)[C@H](C)[C@H]12. The number of carbonyl (C=O) groups excluding carboxylic acids is 2. The summed E-state index contributed by atoms with van der Waals surface area (Å²) in [6.07, 6.45) is 2.54. The van der Waals surface area contributed by atoms with Gasteiger partial charge in [-0.1, -0.05) is 13.8 Å². The molecule has 7 atom stereocenters. The van der Waals surface area contributed by atoms with Crippen LogP contribution in [0.5, 0.6) is 0 Å². The maximum absolute atomic E-state index is 13.2. The fourth-order valence-corrected chi connectivity index (χ4v) is 9.25. The third kappa shape index (κ3) is 4.94. The van der Waals surface area contributed by atoms with Crippen LogP contribution in [0.1, 0.15) is 26.7 Å². The Morgan fingerprint density at radius 3 is 2.76 bits per heavy atom. The third-order valence-corrected chi connectivity index (χ3v) is 11.1. The minimum absolute atomic E-state index is 0.0000987. The lowest BCUT2D eigenvalue weighted by Gasteiger charge is -2.47. The molecule has 3 saturated heterocycles. The van der Waals surface area contributed by atoms with Gasteiger partial charge >= 0.3 is 5.97 Å². The summed E-state index contributed by atoms with van der Waals surface area (Å²) in [5.74, 6) is -3.59. The van der Waals surface area contributed by atoms with E-state index in [1.165, 1.54) is 23.0 Å². The van der Waals surface area contributed by atoms with Crippen molar-refractivity contribution in [2.24, 2.45) is 23.5 Å². The number of nitrogens with one attached hydrogen (secondary N) is 1. The Labute approximate surface area is 224 Å². The van der Waals surface area contributed by atoms with Crippen LogP contribution in [-0.4, -0.2) is 110 Å². The number of carboxylic acid groups (broad SMARTS) is 1. The second-order valence-corrected chi connectivity index (χ2v) is 14.1. The average Bonchev–Trinajstić information content (AvgIpc) is 3.62. The van der Waals surface area contributed by atoms with E-state index in [1.807, 2.05) is 6.92 Å². The van der Waals surface area contributed by atoms with Crippen molar-refractivity contribution >= 4 is 39.4 Å². The zero-order chi connectivity index (χ0) is 27.4. The van der Waals surface area contributed by atoms with Crippen LogP contribution >= 0.6 is 11.8 Å². The number of carboxylic acids is 1. The van der Waals surface area contributed by atoms with E-state index < -0.39 is 39.6 Å². The van der Waals surface area contributed by atoms with Gasteiger partial charge in [-0.3, -0.25) is 9.59 Å². The molecule has 3 fully saturated rings. The van der Waals surface area contributed by atoms with Crippen molar-refractivity contribution in [1.29, 1.82) is 0 Å². The molecule has 16 heteroatoms. The van der Waals surface area contributed by atoms with E-state index in [2.05, 4.69) is 20.8 Å². The van der Waals surface area contributed by atoms with Gasteiger partial charge in [0.05, 0.1) is 23.8 Å². The van der Waals surface area contributed by atoms with Crippen molar-refractivity contribution in [3.8, 4) is 0 Å². The molecule has 208 valence electrons. The lowest BCUT2D eigenvalue weighted by molar-refractivity contribution is -0.159. The highest BCUT2D eigenvalue weighted by atomic mass is 32.2. The van der Waals surface area contributed by atoms with Crippen LogP contribution < -0.4 is 11.1 Å². The zero-order valence-corrected chi connectivity index (χ0v) is 22.8. The van der Waals surface area contributed by atoms with Crippen LogP contribution in [0.25, 0.3) is 0 Å². The Morgan fingerprint density at radius 1 is 1.37 bits per heavy atom. The summed E-state index contributed by atoms with van der Waals surface area (Å²) in [6, 6.07) is -0.771. The average molecular weight is 569 g/mol. The zero-order valence-electron chi connectivity index (χ0n) is 21.1. The molecular formula is C22H32N8O6S2. The van der Waals surface area contributed by atoms with E-state index in [9.17, 15) is 27.9 Å². The number of nitrogens with zero attached hydrogens (tertiary/aromatic N) is 6. The molecule has 0 saturated carbocycles. The highest BCUT2D eigenvalue weighted by molar-refractivity contribution is 8.03. The Bertz CT molecular complexity index is 1250. The highest BCUT2D eigenvalue weighted by Gasteiger charge is 2.60. The quantitative estimate of drug-likeness (QED) is 0.292. The Hall–Kier alpha value is -2.56. The number of nitrogens with two attached hydrogens (primary N) is 1. The molecule has 1 aromatic heterocycles. The fraction of sp³-hybridized carbons (Fsp3) is 0.727. The number of β-lactam (4-membered cyclic amide) rings is 1. The number of aliphatic carboxylic acids is 1. The van der Waals surface area contributed by atoms with Gasteiger partial charge in [-0.25, -0.2) is 17.9 Å². The number of hydrogen-bond acceptors (Lipinski definition) is 11. The van der Waals surface area contributed by atoms with Crippen LogP contribution in [0, 0.1) is 17.8 Å². The molecule has 5 rings (SSSR count). The van der Waals surface area contributed by atoms with Crippen LogP contribution in [0.3, 0.4) is 0 Å². The van der Waals surface area contributed by atoms with Crippen LogP contribution in [0.4, 0.5) is 0 Å². The lowest BCUT2D eigenvalue weighted by Crippen LogP contribution is -2.63. The molecule has 2 amide bonds. The molecule has 4 aliphatic heterocycles. The number of carbonyl (C=O) groups is 3. The minimum atomic E-state index is -3.62. The predicted octanol–water partition coefficient (Wildman–Crippen LogP) is -1.52. The molecule has 0 unspecified atom stereocenters. The van der Waals surface area contributed by atoms with Gasteiger partial charge in [0, 0.05) is 41.7 Å². The summed E-state index contributed by atoms with van der Waals surface area (Å²) in [5.41, 5.74) is 5.91. The molecule has 0 aliphatic carbocycles. The van der Waals surface area contributed by atoms with Crippen LogP contribution in [0.15, 0.2) is 16.9 Å². The Kier molecular flexibility index (Phi) is 7.26. The summed E-state index contributed by atoms with van der Waals surface area (Å²) in [5, 5.41) is 23.7. The summed E-state index contributed by atoms with van der Waals surface area (Å²) in [6.45, 7) is 5.32. The number of thioether (sulfide) groups is 1. The minimum Gasteiger partial charge on any atom is -0.477 e. The number of aromatic nitrogens is 4. The van der Waals surface area contributed by atoms with E-state index in [4.69, 9.17) is 5.73 Å². The van der Waals surface area contributed by atoms with E-state index >= 15 is 0 Å². The predicted molar refractivity (Wildman–Crippen MR) is 136 cm³/mol. The Balaban J connectivity index is 1.25.